The van der Waals surface area contributed by atoms with Gasteiger partial charge in [0.1, 0.15) is 0 Å². The molecule has 0 spiro atoms. The first-order chi connectivity index (χ1) is 5.74. The zero-order valence-corrected chi connectivity index (χ0v) is 7.80. The molecule has 0 saturated carbocycles. The van der Waals surface area contributed by atoms with Crippen molar-refractivity contribution >= 4 is 0 Å². The Bertz CT molecular complexity index is 276. The number of aryl methyl sites for hydroxylation is 3. The van der Waals surface area contributed by atoms with E-state index in [0.29, 0.717) is 0 Å². The van der Waals surface area contributed by atoms with Crippen LogP contribution in [0.3, 0.4) is 0 Å². The van der Waals surface area contributed by atoms with Crippen molar-refractivity contribution in [2.45, 2.75) is 26.7 Å². The first kappa shape index (κ1) is 8.98. The molecule has 1 heteroatoms. The molecule has 0 atom stereocenters. The van der Waals surface area contributed by atoms with E-state index in [1.807, 2.05) is 12.3 Å². The summed E-state index contributed by atoms with van der Waals surface area (Å²) in [5, 5.41) is 0. The number of pyridine rings is 1. The second-order valence-electron chi connectivity index (χ2n) is 3.08. The quantitative estimate of drug-likeness (QED) is 0.621. The lowest BCUT2D eigenvalue weighted by Gasteiger charge is -2.03. The minimum atomic E-state index is 1.03. The van der Waals surface area contributed by atoms with Crippen molar-refractivity contribution in [1.82, 2.24) is 4.98 Å². The van der Waals surface area contributed by atoms with E-state index >= 15 is 0 Å². The fourth-order valence-electron chi connectivity index (χ4n) is 1.21. The molecule has 64 valence electrons. The lowest BCUT2D eigenvalue weighted by atomic mass is 10.1. The number of rotatable bonds is 3. The summed E-state index contributed by atoms with van der Waals surface area (Å²) >= 11 is 0. The highest BCUT2D eigenvalue weighted by Gasteiger charge is 1.97. The molecule has 0 amide bonds. The lowest BCUT2D eigenvalue weighted by molar-refractivity contribution is 0.957. The highest BCUT2D eigenvalue weighted by Crippen LogP contribution is 2.09. The van der Waals surface area contributed by atoms with Crippen LogP contribution in [0.4, 0.5) is 0 Å². The van der Waals surface area contributed by atoms with Crippen molar-refractivity contribution in [3.63, 3.8) is 0 Å². The van der Waals surface area contributed by atoms with Gasteiger partial charge in [-0.05, 0) is 37.8 Å². The topological polar surface area (TPSA) is 12.9 Å². The van der Waals surface area contributed by atoms with Gasteiger partial charge in [-0.25, -0.2) is 0 Å². The van der Waals surface area contributed by atoms with Crippen molar-refractivity contribution in [2.24, 2.45) is 0 Å². The van der Waals surface area contributed by atoms with Crippen LogP contribution >= 0.6 is 0 Å². The molecule has 0 aliphatic rings. The Morgan fingerprint density at radius 1 is 1.50 bits per heavy atom. The van der Waals surface area contributed by atoms with Gasteiger partial charge in [0.25, 0.3) is 0 Å². The minimum absolute atomic E-state index is 1.03. The van der Waals surface area contributed by atoms with Crippen LogP contribution in [0.1, 0.15) is 23.2 Å². The maximum Gasteiger partial charge on any atom is 0.0404 e. The van der Waals surface area contributed by atoms with E-state index in [0.717, 1.165) is 18.5 Å². The summed E-state index contributed by atoms with van der Waals surface area (Å²) in [6.07, 6.45) is 5.95. The molecular weight excluding hydrogens is 146 g/mol. The Balaban J connectivity index is 2.82. The van der Waals surface area contributed by atoms with Gasteiger partial charge in [0.2, 0.25) is 0 Å². The largest absolute Gasteiger partial charge is 0.261 e. The molecular formula is C11H15N. The molecule has 0 N–H and O–H groups in total. The molecule has 0 aromatic carbocycles. The van der Waals surface area contributed by atoms with Crippen LogP contribution in [0.5, 0.6) is 0 Å². The summed E-state index contributed by atoms with van der Waals surface area (Å²) in [6, 6.07) is 2.20. The second-order valence-corrected chi connectivity index (χ2v) is 3.08. The van der Waals surface area contributed by atoms with E-state index in [1.165, 1.54) is 11.1 Å². The van der Waals surface area contributed by atoms with E-state index in [-0.39, 0.29) is 0 Å². The molecule has 12 heavy (non-hydrogen) atoms. The summed E-state index contributed by atoms with van der Waals surface area (Å²) in [4.78, 5) is 4.30. The maximum atomic E-state index is 4.30. The predicted octanol–water partition coefficient (Wildman–Crippen LogP) is 2.82. The third-order valence-corrected chi connectivity index (χ3v) is 1.95. The van der Waals surface area contributed by atoms with Gasteiger partial charge in [0.05, 0.1) is 0 Å². The molecule has 0 bridgehead atoms. The van der Waals surface area contributed by atoms with Crippen LogP contribution in [-0.4, -0.2) is 4.98 Å². The number of hydrogen-bond donors (Lipinski definition) is 0. The summed E-state index contributed by atoms with van der Waals surface area (Å²) in [5.74, 6) is 0. The second kappa shape index (κ2) is 4.05. The van der Waals surface area contributed by atoms with Crippen molar-refractivity contribution < 1.29 is 0 Å². The van der Waals surface area contributed by atoms with E-state index in [1.54, 1.807) is 0 Å². The van der Waals surface area contributed by atoms with Gasteiger partial charge in [-0.3, -0.25) is 4.98 Å². The Labute approximate surface area is 74.2 Å². The summed E-state index contributed by atoms with van der Waals surface area (Å²) < 4.78 is 0. The van der Waals surface area contributed by atoms with Crippen LogP contribution < -0.4 is 0 Å². The normalized spacial score (nSPS) is 9.83. The molecule has 0 aliphatic heterocycles. The van der Waals surface area contributed by atoms with Gasteiger partial charge in [-0.1, -0.05) is 12.1 Å². The summed E-state index contributed by atoms with van der Waals surface area (Å²) in [5.41, 5.74) is 3.72. The van der Waals surface area contributed by atoms with Crippen LogP contribution in [0.15, 0.2) is 24.9 Å². The van der Waals surface area contributed by atoms with Gasteiger partial charge in [-0.2, -0.15) is 0 Å². The lowest BCUT2D eigenvalue weighted by Crippen LogP contribution is -1.92. The molecule has 0 saturated heterocycles. The number of allylic oxidation sites excluding steroid dienone is 1. The Morgan fingerprint density at radius 3 is 2.92 bits per heavy atom. The molecule has 0 unspecified atom stereocenters. The van der Waals surface area contributed by atoms with E-state index in [9.17, 15) is 0 Å². The van der Waals surface area contributed by atoms with Gasteiger partial charge in [0.15, 0.2) is 0 Å². The highest BCUT2D eigenvalue weighted by atomic mass is 14.7. The fourth-order valence-corrected chi connectivity index (χ4v) is 1.21. The minimum Gasteiger partial charge on any atom is -0.261 e. The number of aromatic nitrogens is 1. The highest BCUT2D eigenvalue weighted by molar-refractivity contribution is 5.23. The monoisotopic (exact) mass is 161 g/mol. The molecule has 0 aliphatic carbocycles. The average molecular weight is 161 g/mol. The Hall–Kier alpha value is -1.11. The molecule has 1 nitrogen and oxygen atoms in total. The SMILES string of the molecule is C=CCCc1cc(C)cnc1C. The zero-order chi connectivity index (χ0) is 8.97. The van der Waals surface area contributed by atoms with E-state index in [4.69, 9.17) is 0 Å². The van der Waals surface area contributed by atoms with Crippen LogP contribution in [0.2, 0.25) is 0 Å². The third-order valence-electron chi connectivity index (χ3n) is 1.95. The van der Waals surface area contributed by atoms with Crippen molar-refractivity contribution in [2.75, 3.05) is 0 Å². The van der Waals surface area contributed by atoms with Crippen LogP contribution in [0.25, 0.3) is 0 Å². The fraction of sp³-hybridized carbons (Fsp3) is 0.364. The van der Waals surface area contributed by atoms with Gasteiger partial charge in [0, 0.05) is 11.9 Å². The first-order valence-corrected chi connectivity index (χ1v) is 4.27. The molecule has 1 aromatic rings. The van der Waals surface area contributed by atoms with Gasteiger partial charge in [-0.15, -0.1) is 6.58 Å². The first-order valence-electron chi connectivity index (χ1n) is 4.27. The molecule has 1 aromatic heterocycles. The average Bonchev–Trinajstić information content (AvgIpc) is 2.07. The summed E-state index contributed by atoms with van der Waals surface area (Å²) in [7, 11) is 0. The van der Waals surface area contributed by atoms with Crippen LogP contribution in [-0.2, 0) is 6.42 Å². The Kier molecular flexibility index (Phi) is 3.03. The molecule has 1 heterocycles. The zero-order valence-electron chi connectivity index (χ0n) is 7.80. The van der Waals surface area contributed by atoms with E-state index < -0.39 is 0 Å². The number of nitrogens with zero attached hydrogens (tertiary/aromatic N) is 1. The Morgan fingerprint density at radius 2 is 2.25 bits per heavy atom. The van der Waals surface area contributed by atoms with Crippen LogP contribution in [0, 0.1) is 13.8 Å². The standard InChI is InChI=1S/C11H15N/c1-4-5-6-11-7-9(2)8-12-10(11)3/h4,7-8H,1,5-6H2,2-3H3. The molecule has 0 fully saturated rings. The van der Waals surface area contributed by atoms with Gasteiger partial charge >= 0.3 is 0 Å². The predicted molar refractivity (Wildman–Crippen MR) is 52.2 cm³/mol. The molecule has 1 rings (SSSR count). The number of hydrogen-bond acceptors (Lipinski definition) is 1. The maximum absolute atomic E-state index is 4.30. The molecule has 0 radical (unpaired) electrons. The van der Waals surface area contributed by atoms with E-state index in [2.05, 4.69) is 31.5 Å². The third kappa shape index (κ3) is 2.19. The smallest absolute Gasteiger partial charge is 0.0404 e. The van der Waals surface area contributed by atoms with Gasteiger partial charge < -0.3 is 0 Å². The van der Waals surface area contributed by atoms with Crippen molar-refractivity contribution in [3.05, 3.63) is 41.7 Å². The summed E-state index contributed by atoms with van der Waals surface area (Å²) in [6.45, 7) is 7.83. The van der Waals surface area contributed by atoms with Crippen molar-refractivity contribution in [1.29, 1.82) is 0 Å². The van der Waals surface area contributed by atoms with Crippen molar-refractivity contribution in [3.8, 4) is 0 Å².